The van der Waals surface area contributed by atoms with Crippen LogP contribution < -0.4 is 0 Å². The van der Waals surface area contributed by atoms with E-state index in [2.05, 4.69) is 0 Å². The lowest BCUT2D eigenvalue weighted by Gasteiger charge is -2.45. The van der Waals surface area contributed by atoms with E-state index in [-0.39, 0.29) is 16.8 Å². The largest absolute Gasteiger partial charge is 0.336 e. The van der Waals surface area contributed by atoms with Gasteiger partial charge in [-0.3, -0.25) is 4.79 Å². The molecular weight excluding hydrogens is 360 g/mol. The van der Waals surface area contributed by atoms with Gasteiger partial charge >= 0.3 is 0 Å². The predicted octanol–water partition coefficient (Wildman–Crippen LogP) is 3.28. The summed E-state index contributed by atoms with van der Waals surface area (Å²) in [6, 6.07) is 6.22. The van der Waals surface area contributed by atoms with Gasteiger partial charge in [-0.2, -0.15) is 4.31 Å². The van der Waals surface area contributed by atoms with Crippen LogP contribution in [-0.4, -0.2) is 48.2 Å². The maximum absolute atomic E-state index is 13.2. The Morgan fingerprint density at radius 1 is 1.24 bits per heavy atom. The van der Waals surface area contributed by atoms with Crippen molar-refractivity contribution in [2.45, 2.75) is 62.4 Å². The molecule has 2 aliphatic heterocycles. The highest BCUT2D eigenvalue weighted by Gasteiger charge is 2.52. The molecule has 2 fully saturated rings. The van der Waals surface area contributed by atoms with E-state index < -0.39 is 15.6 Å². The van der Waals surface area contributed by atoms with Gasteiger partial charge in [0, 0.05) is 31.1 Å². The lowest BCUT2D eigenvalue weighted by Crippen LogP contribution is -2.58. The molecule has 0 unspecified atom stereocenters. The first kappa shape index (κ1) is 18.7. The fraction of sp³-hybridized carbons (Fsp3) is 0.611. The Balaban J connectivity index is 2.00. The molecule has 1 aromatic carbocycles. The average Bonchev–Trinajstić information content (AvgIpc) is 2.85. The Hall–Kier alpha value is -1.11. The molecule has 7 heteroatoms. The number of rotatable bonds is 2. The molecule has 138 valence electrons. The second-order valence-corrected chi connectivity index (χ2v) is 9.54. The number of fused-ring (bicyclic) bond motifs is 1. The zero-order valence-electron chi connectivity index (χ0n) is 14.7. The number of carbonyl (C=O) groups excluding carboxylic acids is 1. The first-order valence-corrected chi connectivity index (χ1v) is 10.6. The van der Waals surface area contributed by atoms with Crippen LogP contribution in [0.15, 0.2) is 29.2 Å². The molecule has 3 rings (SSSR count). The highest BCUT2D eigenvalue weighted by molar-refractivity contribution is 7.89. The second kappa shape index (κ2) is 6.89. The van der Waals surface area contributed by atoms with Crippen LogP contribution >= 0.6 is 11.6 Å². The van der Waals surface area contributed by atoms with Crippen molar-refractivity contribution in [3.63, 3.8) is 0 Å². The van der Waals surface area contributed by atoms with E-state index in [1.165, 1.54) is 6.07 Å². The minimum Gasteiger partial charge on any atom is -0.336 e. The van der Waals surface area contributed by atoms with Crippen molar-refractivity contribution in [3.8, 4) is 0 Å². The van der Waals surface area contributed by atoms with Gasteiger partial charge in [0.15, 0.2) is 0 Å². The van der Waals surface area contributed by atoms with Crippen molar-refractivity contribution in [1.82, 2.24) is 9.21 Å². The summed E-state index contributed by atoms with van der Waals surface area (Å²) in [5, 5.41) is 0.408. The smallest absolute Gasteiger partial charge is 0.243 e. The third kappa shape index (κ3) is 3.32. The number of hydrogen-bond donors (Lipinski definition) is 0. The Bertz CT molecular complexity index is 767. The molecule has 2 saturated heterocycles. The van der Waals surface area contributed by atoms with Crippen molar-refractivity contribution >= 4 is 27.5 Å². The predicted molar refractivity (Wildman–Crippen MR) is 98.0 cm³/mol. The number of likely N-dealkylation sites (tertiary alicyclic amines) is 1. The summed E-state index contributed by atoms with van der Waals surface area (Å²) in [4.78, 5) is 14.3. The van der Waals surface area contributed by atoms with Gasteiger partial charge in [-0.1, -0.05) is 30.5 Å². The molecule has 5 nitrogen and oxygen atoms in total. The van der Waals surface area contributed by atoms with Crippen molar-refractivity contribution in [2.75, 3.05) is 13.1 Å². The molecule has 25 heavy (non-hydrogen) atoms. The van der Waals surface area contributed by atoms with E-state index >= 15 is 0 Å². The molecule has 0 radical (unpaired) electrons. The molecule has 2 atom stereocenters. The number of benzene rings is 1. The van der Waals surface area contributed by atoms with E-state index in [0.717, 1.165) is 25.7 Å². The van der Waals surface area contributed by atoms with Crippen LogP contribution in [-0.2, 0) is 14.8 Å². The monoisotopic (exact) mass is 384 g/mol. The number of amides is 1. The minimum absolute atomic E-state index is 0.0244. The molecule has 0 saturated carbocycles. The van der Waals surface area contributed by atoms with Crippen LogP contribution in [0.3, 0.4) is 0 Å². The molecule has 0 N–H and O–H groups in total. The van der Waals surface area contributed by atoms with Crippen molar-refractivity contribution in [3.05, 3.63) is 29.3 Å². The van der Waals surface area contributed by atoms with Crippen LogP contribution in [0.25, 0.3) is 0 Å². The fourth-order valence-corrected chi connectivity index (χ4v) is 6.40. The normalized spacial score (nSPS) is 28.3. The lowest BCUT2D eigenvalue weighted by molar-refractivity contribution is -0.136. The second-order valence-electron chi connectivity index (χ2n) is 7.22. The van der Waals surface area contributed by atoms with Crippen LogP contribution in [0.2, 0.25) is 5.02 Å². The van der Waals surface area contributed by atoms with Crippen molar-refractivity contribution < 1.29 is 13.2 Å². The molecule has 0 bridgehead atoms. The summed E-state index contributed by atoms with van der Waals surface area (Å²) in [6.07, 6.45) is 4.41. The van der Waals surface area contributed by atoms with Crippen molar-refractivity contribution in [1.29, 1.82) is 0 Å². The van der Waals surface area contributed by atoms with E-state index in [1.807, 2.05) is 11.8 Å². The molecule has 0 spiro atoms. The summed E-state index contributed by atoms with van der Waals surface area (Å²) in [6.45, 7) is 4.75. The highest BCUT2D eigenvalue weighted by Crippen LogP contribution is 2.41. The van der Waals surface area contributed by atoms with Gasteiger partial charge in [0.05, 0.1) is 10.4 Å². The van der Waals surface area contributed by atoms with Gasteiger partial charge in [-0.25, -0.2) is 8.42 Å². The number of carbonyl (C=O) groups is 1. The first-order chi connectivity index (χ1) is 11.8. The summed E-state index contributed by atoms with van der Waals surface area (Å²) in [5.41, 5.74) is -0.447. The topological polar surface area (TPSA) is 57.7 Å². The van der Waals surface area contributed by atoms with E-state index in [1.54, 1.807) is 29.4 Å². The van der Waals surface area contributed by atoms with Crippen LogP contribution in [0.4, 0.5) is 0 Å². The highest BCUT2D eigenvalue weighted by atomic mass is 35.5. The van der Waals surface area contributed by atoms with Crippen LogP contribution in [0, 0.1) is 0 Å². The van der Waals surface area contributed by atoms with Gasteiger partial charge in [0.1, 0.15) is 0 Å². The zero-order chi connectivity index (χ0) is 18.2. The number of nitrogens with zero attached hydrogens (tertiary/aromatic N) is 2. The van der Waals surface area contributed by atoms with E-state index in [4.69, 9.17) is 11.6 Å². The first-order valence-electron chi connectivity index (χ1n) is 8.82. The molecular formula is C18H25ClN2O3S. The third-order valence-corrected chi connectivity index (χ3v) is 7.80. The average molecular weight is 385 g/mol. The maximum atomic E-state index is 13.2. The molecule has 2 aliphatic rings. The van der Waals surface area contributed by atoms with Gasteiger partial charge < -0.3 is 4.90 Å². The van der Waals surface area contributed by atoms with Crippen molar-refractivity contribution in [2.24, 2.45) is 0 Å². The Morgan fingerprint density at radius 2 is 2.00 bits per heavy atom. The number of sulfonamides is 1. The van der Waals surface area contributed by atoms with Gasteiger partial charge in [0.2, 0.25) is 15.9 Å². The Labute approximate surface area is 155 Å². The number of hydrogen-bond acceptors (Lipinski definition) is 3. The molecule has 1 aromatic rings. The van der Waals surface area contributed by atoms with Crippen LogP contribution in [0.5, 0.6) is 0 Å². The molecule has 2 heterocycles. The standard InChI is InChI=1S/C18H25ClN2O3S/c1-14(22)20-11-5-3-4-9-17-18(20,2)10-12-21(17)25(23,24)16-8-6-7-15(19)13-16/h6-8,13,17H,3-5,9-12H2,1-2H3/t17-,18-/m0/s1. The summed E-state index contributed by atoms with van der Waals surface area (Å²) in [7, 11) is -3.64. The van der Waals surface area contributed by atoms with Gasteiger partial charge in [-0.15, -0.1) is 0 Å². The maximum Gasteiger partial charge on any atom is 0.243 e. The SMILES string of the molecule is CC(=O)N1CCCCC[C@@H]2N(S(=O)(=O)c3cccc(Cl)c3)CC[C@@]21C. The van der Waals surface area contributed by atoms with E-state index in [0.29, 0.717) is 24.5 Å². The fourth-order valence-electron chi connectivity index (χ4n) is 4.35. The Kier molecular flexibility index (Phi) is 5.15. The Morgan fingerprint density at radius 3 is 2.68 bits per heavy atom. The summed E-state index contributed by atoms with van der Waals surface area (Å²) < 4.78 is 28.0. The third-order valence-electron chi connectivity index (χ3n) is 5.66. The number of halogens is 1. The quantitative estimate of drug-likeness (QED) is 0.786. The summed E-state index contributed by atoms with van der Waals surface area (Å²) in [5.74, 6) is 0.0244. The molecule has 1 amide bonds. The lowest BCUT2D eigenvalue weighted by atomic mass is 9.85. The summed E-state index contributed by atoms with van der Waals surface area (Å²) >= 11 is 6.00. The van der Waals surface area contributed by atoms with E-state index in [9.17, 15) is 13.2 Å². The van der Waals surface area contributed by atoms with Gasteiger partial charge in [-0.05, 0) is 44.4 Å². The minimum atomic E-state index is -3.64. The molecule has 0 aliphatic carbocycles. The van der Waals surface area contributed by atoms with Crippen LogP contribution in [0.1, 0.15) is 46.0 Å². The molecule has 0 aromatic heterocycles. The van der Waals surface area contributed by atoms with Gasteiger partial charge in [0.25, 0.3) is 0 Å². The zero-order valence-corrected chi connectivity index (χ0v) is 16.3.